The van der Waals surface area contributed by atoms with Crippen molar-refractivity contribution in [1.82, 2.24) is 15.4 Å². The number of urea groups is 1. The predicted octanol–water partition coefficient (Wildman–Crippen LogP) is 4.38. The van der Waals surface area contributed by atoms with E-state index in [4.69, 9.17) is 16.3 Å². The van der Waals surface area contributed by atoms with Gasteiger partial charge in [-0.05, 0) is 55.5 Å². The molecule has 0 bridgehead atoms. The summed E-state index contributed by atoms with van der Waals surface area (Å²) in [4.78, 5) is 37.1. The van der Waals surface area contributed by atoms with Crippen LogP contribution in [0.2, 0.25) is 5.02 Å². The number of benzene rings is 2. The van der Waals surface area contributed by atoms with Crippen molar-refractivity contribution in [2.75, 3.05) is 19.0 Å². The number of hydrogen-bond donors (Lipinski definition) is 4. The lowest BCUT2D eigenvalue weighted by atomic mass is 9.96. The maximum absolute atomic E-state index is 12.9. The molecule has 0 spiro atoms. The molecule has 0 aromatic heterocycles. The molecule has 0 heterocycles. The second-order valence-corrected chi connectivity index (χ2v) is 11.5. The molecule has 4 amide bonds. The van der Waals surface area contributed by atoms with Crippen molar-refractivity contribution in [3.05, 3.63) is 52.5 Å². The largest absolute Gasteiger partial charge is 0.494 e. The third-order valence-electron chi connectivity index (χ3n) is 6.35. The number of amides is 4. The highest BCUT2D eigenvalue weighted by molar-refractivity contribution is 7.90. The maximum Gasteiger partial charge on any atom is 0.328 e. The van der Waals surface area contributed by atoms with Crippen LogP contribution in [0, 0.1) is 0 Å². The molecule has 1 aliphatic rings. The highest BCUT2D eigenvalue weighted by Gasteiger charge is 2.22. The van der Waals surface area contributed by atoms with E-state index in [1.54, 1.807) is 12.1 Å². The molecule has 0 unspecified atom stereocenters. The molecule has 0 atom stereocenters. The molecule has 212 valence electrons. The van der Waals surface area contributed by atoms with E-state index in [-0.39, 0.29) is 39.7 Å². The van der Waals surface area contributed by atoms with Gasteiger partial charge in [-0.2, -0.15) is 0 Å². The quantitative estimate of drug-likeness (QED) is 0.312. The molecule has 3 rings (SSSR count). The highest BCUT2D eigenvalue weighted by atomic mass is 35.5. The Morgan fingerprint density at radius 1 is 1.05 bits per heavy atom. The van der Waals surface area contributed by atoms with Crippen molar-refractivity contribution in [1.29, 1.82) is 0 Å². The van der Waals surface area contributed by atoms with Crippen LogP contribution in [0.4, 0.5) is 10.5 Å². The van der Waals surface area contributed by atoms with Crippen molar-refractivity contribution in [2.24, 2.45) is 0 Å². The Kier molecular flexibility index (Phi) is 11.0. The number of rotatable bonds is 11. The molecule has 1 fully saturated rings. The molecule has 1 aliphatic carbocycles. The maximum atomic E-state index is 12.9. The van der Waals surface area contributed by atoms with E-state index in [2.05, 4.69) is 20.7 Å². The number of halogens is 1. The van der Waals surface area contributed by atoms with Gasteiger partial charge < -0.3 is 20.7 Å². The highest BCUT2D eigenvalue weighted by Crippen LogP contribution is 2.33. The van der Waals surface area contributed by atoms with Gasteiger partial charge in [0, 0.05) is 24.0 Å². The van der Waals surface area contributed by atoms with Gasteiger partial charge in [-0.3, -0.25) is 9.59 Å². The van der Waals surface area contributed by atoms with Crippen LogP contribution < -0.4 is 25.4 Å². The summed E-state index contributed by atoms with van der Waals surface area (Å²) >= 11 is 6.18. The van der Waals surface area contributed by atoms with E-state index in [1.807, 2.05) is 6.92 Å². The number of carbonyl (C=O) groups excluding carboxylic acids is 3. The summed E-state index contributed by atoms with van der Waals surface area (Å²) in [7, 11) is -2.61. The first-order chi connectivity index (χ1) is 18.6. The molecular weight excluding hydrogens is 544 g/mol. The van der Waals surface area contributed by atoms with Crippen molar-refractivity contribution in [3.8, 4) is 5.75 Å². The number of nitrogens with one attached hydrogen (secondary N) is 4. The van der Waals surface area contributed by atoms with Gasteiger partial charge in [0.1, 0.15) is 0 Å². The molecule has 2 aromatic carbocycles. The third-order valence-corrected chi connectivity index (χ3v) is 7.92. The fraction of sp³-hybridized carbons (Fsp3) is 0.444. The fourth-order valence-electron chi connectivity index (χ4n) is 4.41. The minimum Gasteiger partial charge on any atom is -0.494 e. The van der Waals surface area contributed by atoms with E-state index in [0.29, 0.717) is 24.9 Å². The minimum atomic E-state index is -4.01. The summed E-state index contributed by atoms with van der Waals surface area (Å²) in [5.41, 5.74) is 1.27. The van der Waals surface area contributed by atoms with E-state index in [0.717, 1.165) is 37.7 Å². The van der Waals surface area contributed by atoms with Gasteiger partial charge in [-0.15, -0.1) is 0 Å². The first kappa shape index (κ1) is 30.2. The smallest absolute Gasteiger partial charge is 0.328 e. The summed E-state index contributed by atoms with van der Waals surface area (Å²) in [6.07, 6.45) is 6.27. The lowest BCUT2D eigenvalue weighted by molar-refractivity contribution is -0.116. The van der Waals surface area contributed by atoms with Crippen LogP contribution in [-0.4, -0.2) is 46.0 Å². The number of anilines is 1. The Balaban J connectivity index is 1.56. The van der Waals surface area contributed by atoms with Crippen LogP contribution >= 0.6 is 11.6 Å². The Morgan fingerprint density at radius 3 is 2.38 bits per heavy atom. The summed E-state index contributed by atoms with van der Waals surface area (Å²) < 4.78 is 32.6. The number of methoxy groups -OCH3 is 1. The summed E-state index contributed by atoms with van der Waals surface area (Å²) in [5, 5.41) is 8.51. The van der Waals surface area contributed by atoms with Crippen molar-refractivity contribution < 1.29 is 27.5 Å². The zero-order valence-electron chi connectivity index (χ0n) is 22.1. The first-order valence-corrected chi connectivity index (χ1v) is 14.9. The minimum absolute atomic E-state index is 0.00943. The Morgan fingerprint density at radius 2 is 1.74 bits per heavy atom. The third kappa shape index (κ3) is 8.86. The fourth-order valence-corrected chi connectivity index (χ4v) is 5.54. The van der Waals surface area contributed by atoms with E-state index in [1.165, 1.54) is 31.4 Å². The van der Waals surface area contributed by atoms with Gasteiger partial charge in [0.15, 0.2) is 5.75 Å². The van der Waals surface area contributed by atoms with E-state index < -0.39 is 22.0 Å². The molecular formula is C27H35ClN4O6S. The molecule has 0 radical (unpaired) electrons. The molecule has 2 aromatic rings. The van der Waals surface area contributed by atoms with Crippen LogP contribution in [0.3, 0.4) is 0 Å². The Bertz CT molecular complexity index is 1280. The zero-order valence-corrected chi connectivity index (χ0v) is 23.7. The van der Waals surface area contributed by atoms with Gasteiger partial charge in [-0.25, -0.2) is 17.9 Å². The monoisotopic (exact) mass is 578 g/mol. The number of ether oxygens (including phenoxy) is 1. The Hall–Kier alpha value is -3.31. The first-order valence-electron chi connectivity index (χ1n) is 13.0. The lowest BCUT2D eigenvalue weighted by Crippen LogP contribution is -2.45. The van der Waals surface area contributed by atoms with Gasteiger partial charge in [0.05, 0.1) is 23.3 Å². The molecule has 4 N–H and O–H groups in total. The van der Waals surface area contributed by atoms with Gasteiger partial charge >= 0.3 is 6.03 Å². The van der Waals surface area contributed by atoms with Crippen molar-refractivity contribution >= 4 is 45.2 Å². The summed E-state index contributed by atoms with van der Waals surface area (Å²) in [5.74, 6) is -0.446. The standard InChI is InChI=1S/C27H35ClN4O6S/c1-3-7-24(33)31-23-17-19(28)16-22(25(23)38-2)26(34)29-15-14-18-10-12-21(13-11-18)39(36,37)32-27(35)30-20-8-5-4-6-9-20/h10-13,16-17,20H,3-9,14-15H2,1-2H3,(H,29,34)(H,31,33)(H2,30,32,35). The zero-order chi connectivity index (χ0) is 28.4. The number of sulfonamides is 1. The number of carbonyl (C=O) groups is 3. The number of hydrogen-bond acceptors (Lipinski definition) is 6. The predicted molar refractivity (Wildman–Crippen MR) is 150 cm³/mol. The van der Waals surface area contributed by atoms with Crippen LogP contribution in [0.15, 0.2) is 41.3 Å². The topological polar surface area (TPSA) is 143 Å². The van der Waals surface area contributed by atoms with Crippen LogP contribution in [0.1, 0.15) is 67.8 Å². The second kappa shape index (κ2) is 14.2. The summed E-state index contributed by atoms with van der Waals surface area (Å²) in [6.45, 7) is 2.13. The van der Waals surface area contributed by atoms with Crippen LogP contribution in [0.5, 0.6) is 5.75 Å². The Labute approximate surface area is 234 Å². The molecule has 0 aliphatic heterocycles. The molecule has 10 nitrogen and oxygen atoms in total. The SMILES string of the molecule is CCCC(=O)Nc1cc(Cl)cc(C(=O)NCCc2ccc(S(=O)(=O)NC(=O)NC3CCCCC3)cc2)c1OC. The van der Waals surface area contributed by atoms with Gasteiger partial charge in [0.25, 0.3) is 15.9 Å². The molecule has 39 heavy (non-hydrogen) atoms. The average molecular weight is 579 g/mol. The molecule has 12 heteroatoms. The normalized spacial score (nSPS) is 13.8. The lowest BCUT2D eigenvalue weighted by Gasteiger charge is -2.22. The second-order valence-electron chi connectivity index (χ2n) is 9.40. The van der Waals surface area contributed by atoms with Crippen LogP contribution in [0.25, 0.3) is 0 Å². The van der Waals surface area contributed by atoms with E-state index >= 15 is 0 Å². The van der Waals surface area contributed by atoms with Crippen molar-refractivity contribution in [3.63, 3.8) is 0 Å². The van der Waals surface area contributed by atoms with Gasteiger partial charge in [0.2, 0.25) is 5.91 Å². The van der Waals surface area contributed by atoms with E-state index in [9.17, 15) is 22.8 Å². The van der Waals surface area contributed by atoms with Crippen molar-refractivity contribution in [2.45, 2.75) is 69.2 Å². The molecule has 1 saturated carbocycles. The van der Waals surface area contributed by atoms with Gasteiger partial charge in [-0.1, -0.05) is 49.9 Å². The average Bonchev–Trinajstić information content (AvgIpc) is 2.89. The van der Waals surface area contributed by atoms with Crippen LogP contribution in [-0.2, 0) is 21.2 Å². The summed E-state index contributed by atoms with van der Waals surface area (Å²) in [6, 6.07) is 8.33. The molecule has 0 saturated heterocycles.